The van der Waals surface area contributed by atoms with Crippen LogP contribution in [0.3, 0.4) is 0 Å². The van der Waals surface area contributed by atoms with Crippen LogP contribution in [0.15, 0.2) is 0 Å². The highest BCUT2D eigenvalue weighted by Crippen LogP contribution is 2.32. The summed E-state index contributed by atoms with van der Waals surface area (Å²) in [5.74, 6) is 1.76. The fourth-order valence-electron chi connectivity index (χ4n) is 3.50. The Labute approximate surface area is 125 Å². The lowest BCUT2D eigenvalue weighted by molar-refractivity contribution is 0.434. The van der Waals surface area contributed by atoms with Crippen LogP contribution in [0.25, 0.3) is 11.2 Å². The molecule has 0 aliphatic heterocycles. The molecule has 2 aromatic rings. The Hall–Kier alpha value is -1.03. The first-order valence-corrected chi connectivity index (χ1v) is 8.22. The van der Waals surface area contributed by atoms with E-state index in [0.29, 0.717) is 11.9 Å². The number of aromatic nitrogens is 4. The van der Waals surface area contributed by atoms with E-state index in [1.807, 2.05) is 18.7 Å². The molecule has 1 saturated carbocycles. The Morgan fingerprint density at radius 1 is 1.20 bits per heavy atom. The van der Waals surface area contributed by atoms with Gasteiger partial charge in [0.05, 0.1) is 5.69 Å². The number of halogens is 1. The summed E-state index contributed by atoms with van der Waals surface area (Å²) in [6.07, 6.45) is 8.72. The zero-order valence-corrected chi connectivity index (χ0v) is 13.2. The molecule has 1 aliphatic carbocycles. The minimum absolute atomic E-state index is 0.565. The molecule has 5 heteroatoms. The molecule has 0 atom stereocenters. The quantitative estimate of drug-likeness (QED) is 0.638. The number of hydrogen-bond acceptors (Lipinski definition) is 2. The average Bonchev–Trinajstić information content (AvgIpc) is 2.78. The van der Waals surface area contributed by atoms with Crippen molar-refractivity contribution in [1.82, 2.24) is 19.3 Å². The second kappa shape index (κ2) is 5.76. The number of hydrogen-bond donors (Lipinski definition) is 0. The van der Waals surface area contributed by atoms with Gasteiger partial charge in [-0.05, 0) is 19.8 Å². The normalized spacial score (nSPS) is 17.8. The van der Waals surface area contributed by atoms with E-state index in [-0.39, 0.29) is 0 Å². The third-order valence-electron chi connectivity index (χ3n) is 4.42. The third-order valence-corrected chi connectivity index (χ3v) is 4.61. The molecule has 110 valence electrons. The Bertz CT molecular complexity index is 591. The summed E-state index contributed by atoms with van der Waals surface area (Å²) < 4.78 is 4.42. The lowest BCUT2D eigenvalue weighted by Crippen LogP contribution is -2.14. The van der Waals surface area contributed by atoms with E-state index in [1.54, 1.807) is 0 Å². The van der Waals surface area contributed by atoms with Crippen LogP contribution in [-0.2, 0) is 13.5 Å². The summed E-state index contributed by atoms with van der Waals surface area (Å²) >= 11 is 5.98. The van der Waals surface area contributed by atoms with Gasteiger partial charge in [-0.15, -0.1) is 11.6 Å². The molecule has 0 unspecified atom stereocenters. The fourth-order valence-corrected chi connectivity index (χ4v) is 3.67. The van der Waals surface area contributed by atoms with Crippen molar-refractivity contribution in [3.05, 3.63) is 11.5 Å². The number of alkyl halides is 1. The highest BCUT2D eigenvalue weighted by molar-refractivity contribution is 6.17. The molecule has 0 bridgehead atoms. The minimum Gasteiger partial charge on any atom is -0.310 e. The van der Waals surface area contributed by atoms with Gasteiger partial charge in [0.2, 0.25) is 0 Å². The summed E-state index contributed by atoms with van der Waals surface area (Å²) in [7, 11) is 2.02. The van der Waals surface area contributed by atoms with Crippen molar-refractivity contribution in [3.8, 4) is 0 Å². The van der Waals surface area contributed by atoms with Crippen LogP contribution >= 0.6 is 11.6 Å². The van der Waals surface area contributed by atoms with Crippen molar-refractivity contribution in [3.63, 3.8) is 0 Å². The maximum Gasteiger partial charge on any atom is 0.158 e. The molecule has 20 heavy (non-hydrogen) atoms. The van der Waals surface area contributed by atoms with E-state index in [4.69, 9.17) is 16.6 Å². The lowest BCUT2D eigenvalue weighted by Gasteiger charge is -2.20. The summed E-state index contributed by atoms with van der Waals surface area (Å²) in [5.41, 5.74) is 3.25. The topological polar surface area (TPSA) is 35.6 Å². The molecule has 1 fully saturated rings. The molecular formula is C15H23ClN4. The summed E-state index contributed by atoms with van der Waals surface area (Å²) in [6, 6.07) is 0.565. The molecule has 0 spiro atoms. The molecule has 0 amide bonds. The first-order valence-electron chi connectivity index (χ1n) is 7.68. The van der Waals surface area contributed by atoms with Gasteiger partial charge < -0.3 is 4.57 Å². The largest absolute Gasteiger partial charge is 0.310 e. The van der Waals surface area contributed by atoms with Crippen molar-refractivity contribution in [2.75, 3.05) is 5.88 Å². The van der Waals surface area contributed by atoms with Crippen LogP contribution in [0.5, 0.6) is 0 Å². The third kappa shape index (κ3) is 2.34. The molecule has 2 aromatic heterocycles. The van der Waals surface area contributed by atoms with Gasteiger partial charge in [-0.2, -0.15) is 5.10 Å². The van der Waals surface area contributed by atoms with Gasteiger partial charge in [-0.25, -0.2) is 4.98 Å². The summed E-state index contributed by atoms with van der Waals surface area (Å²) in [4.78, 5) is 4.82. The summed E-state index contributed by atoms with van der Waals surface area (Å²) in [5, 5.41) is 4.53. The van der Waals surface area contributed by atoms with Crippen LogP contribution in [0.1, 0.15) is 56.1 Å². The second-order valence-corrected chi connectivity index (χ2v) is 6.24. The van der Waals surface area contributed by atoms with Gasteiger partial charge >= 0.3 is 0 Å². The van der Waals surface area contributed by atoms with E-state index in [1.165, 1.54) is 44.2 Å². The van der Waals surface area contributed by atoms with Gasteiger partial charge in [0.15, 0.2) is 5.65 Å². The molecule has 0 N–H and O–H groups in total. The van der Waals surface area contributed by atoms with E-state index in [9.17, 15) is 0 Å². The number of rotatable bonds is 3. The zero-order valence-electron chi connectivity index (χ0n) is 12.4. The molecule has 0 saturated heterocycles. The van der Waals surface area contributed by atoms with Gasteiger partial charge in [-0.3, -0.25) is 4.68 Å². The Morgan fingerprint density at radius 3 is 2.55 bits per heavy atom. The SMILES string of the molecule is Cc1nn(C)c2c1nc(CCCl)n2C1CCCCCC1. The van der Waals surface area contributed by atoms with E-state index < -0.39 is 0 Å². The van der Waals surface area contributed by atoms with Crippen molar-refractivity contribution in [1.29, 1.82) is 0 Å². The minimum atomic E-state index is 0.565. The van der Waals surface area contributed by atoms with Crippen LogP contribution in [0.2, 0.25) is 0 Å². The van der Waals surface area contributed by atoms with E-state index in [0.717, 1.165) is 23.5 Å². The van der Waals surface area contributed by atoms with Crippen molar-refractivity contribution >= 4 is 22.8 Å². The molecule has 4 nitrogen and oxygen atoms in total. The lowest BCUT2D eigenvalue weighted by atomic mass is 10.1. The van der Waals surface area contributed by atoms with Gasteiger partial charge in [0.25, 0.3) is 0 Å². The predicted molar refractivity (Wildman–Crippen MR) is 82.4 cm³/mol. The van der Waals surface area contributed by atoms with Crippen molar-refractivity contribution < 1.29 is 0 Å². The van der Waals surface area contributed by atoms with Crippen LogP contribution in [0, 0.1) is 6.92 Å². The fraction of sp³-hybridized carbons (Fsp3) is 0.733. The average molecular weight is 295 g/mol. The van der Waals surface area contributed by atoms with Crippen LogP contribution in [-0.4, -0.2) is 25.2 Å². The van der Waals surface area contributed by atoms with Crippen LogP contribution in [0.4, 0.5) is 0 Å². The summed E-state index contributed by atoms with van der Waals surface area (Å²) in [6.45, 7) is 2.04. The maximum atomic E-state index is 5.98. The first-order chi connectivity index (χ1) is 9.72. The first kappa shape index (κ1) is 13.9. The highest BCUT2D eigenvalue weighted by atomic mass is 35.5. The van der Waals surface area contributed by atoms with E-state index in [2.05, 4.69) is 9.67 Å². The number of fused-ring (bicyclic) bond motifs is 1. The number of aryl methyl sites for hydroxylation is 3. The van der Waals surface area contributed by atoms with Crippen molar-refractivity contribution in [2.45, 2.75) is 57.9 Å². The Kier molecular flexibility index (Phi) is 4.01. The van der Waals surface area contributed by atoms with Gasteiger partial charge in [-0.1, -0.05) is 25.7 Å². The Morgan fingerprint density at radius 2 is 1.90 bits per heavy atom. The number of imidazole rings is 1. The highest BCUT2D eigenvalue weighted by Gasteiger charge is 2.23. The maximum absolute atomic E-state index is 5.98. The van der Waals surface area contributed by atoms with Gasteiger partial charge in [0.1, 0.15) is 11.3 Å². The molecular weight excluding hydrogens is 272 g/mol. The predicted octanol–water partition coefficient (Wildman–Crippen LogP) is 3.75. The molecule has 2 heterocycles. The smallest absolute Gasteiger partial charge is 0.158 e. The molecule has 0 radical (unpaired) electrons. The zero-order chi connectivity index (χ0) is 14.1. The standard InChI is InChI=1S/C15H23ClN4/c1-11-14-15(19(2)18-11)20(13(17-14)9-10-16)12-7-5-3-4-6-8-12/h12H,3-10H2,1-2H3. The monoisotopic (exact) mass is 294 g/mol. The molecule has 3 rings (SSSR count). The molecule has 0 aromatic carbocycles. The molecule has 1 aliphatic rings. The van der Waals surface area contributed by atoms with Gasteiger partial charge in [0, 0.05) is 25.4 Å². The van der Waals surface area contributed by atoms with Crippen molar-refractivity contribution in [2.24, 2.45) is 7.05 Å². The van der Waals surface area contributed by atoms with Crippen LogP contribution < -0.4 is 0 Å². The Balaban J connectivity index is 2.11. The second-order valence-electron chi connectivity index (χ2n) is 5.86. The van der Waals surface area contributed by atoms with E-state index >= 15 is 0 Å². The number of nitrogens with zero attached hydrogens (tertiary/aromatic N) is 4.